The van der Waals surface area contributed by atoms with Crippen LogP contribution in [0.1, 0.15) is 6.42 Å². The Morgan fingerprint density at radius 3 is 2.92 bits per heavy atom. The predicted octanol–water partition coefficient (Wildman–Crippen LogP) is 2.15. The minimum absolute atomic E-state index is 0.00829. The van der Waals surface area contributed by atoms with Gasteiger partial charge in [0.25, 0.3) is 5.96 Å². The lowest BCUT2D eigenvalue weighted by atomic mass is 10.1. The maximum atomic E-state index is 12.5. The van der Waals surface area contributed by atoms with Crippen molar-refractivity contribution in [1.29, 1.82) is 0 Å². The van der Waals surface area contributed by atoms with Crippen LogP contribution in [0.25, 0.3) is 0 Å². The van der Waals surface area contributed by atoms with Gasteiger partial charge in [-0.3, -0.25) is 0 Å². The van der Waals surface area contributed by atoms with Crippen LogP contribution in [-0.2, 0) is 4.74 Å². The first-order valence-electron chi connectivity index (χ1n) is 7.84. The first kappa shape index (κ1) is 17.6. The lowest BCUT2D eigenvalue weighted by Crippen LogP contribution is -2.41. The molecule has 0 saturated carbocycles. The molecular formula is C15H17BrN4O5. The molecule has 10 heteroatoms. The van der Waals surface area contributed by atoms with Crippen LogP contribution in [0.3, 0.4) is 0 Å². The number of nitro groups is 1. The van der Waals surface area contributed by atoms with Crippen molar-refractivity contribution in [2.45, 2.75) is 6.42 Å². The number of ether oxygens (including phenoxy) is 2. The number of halogens is 1. The Labute approximate surface area is 152 Å². The zero-order valence-corrected chi connectivity index (χ0v) is 14.9. The molecule has 1 aromatic carbocycles. The molecule has 0 radical (unpaired) electrons. The van der Waals surface area contributed by atoms with Gasteiger partial charge in [-0.05, 0) is 34.5 Å². The number of guanidine groups is 1. The molecule has 2 aliphatic heterocycles. The largest absolute Gasteiger partial charge is 0.422 e. The molecule has 0 spiro atoms. The van der Waals surface area contributed by atoms with Crippen LogP contribution in [-0.4, -0.2) is 59.7 Å². The number of hydrogen-bond acceptors (Lipinski definition) is 5. The quantitative estimate of drug-likeness (QED) is 0.554. The summed E-state index contributed by atoms with van der Waals surface area (Å²) in [5, 5.41) is 13.5. The summed E-state index contributed by atoms with van der Waals surface area (Å²) in [5.41, 5.74) is 0. The van der Waals surface area contributed by atoms with E-state index in [1.165, 1.54) is 4.90 Å². The highest BCUT2D eigenvalue weighted by atomic mass is 79.9. The molecule has 1 atom stereocenters. The predicted molar refractivity (Wildman–Crippen MR) is 91.8 cm³/mol. The van der Waals surface area contributed by atoms with Crippen molar-refractivity contribution >= 4 is 28.0 Å². The monoisotopic (exact) mass is 412 g/mol. The Kier molecular flexibility index (Phi) is 5.49. The molecule has 2 heterocycles. The van der Waals surface area contributed by atoms with Crippen LogP contribution in [0.4, 0.5) is 4.79 Å². The van der Waals surface area contributed by atoms with Gasteiger partial charge < -0.3 is 14.4 Å². The van der Waals surface area contributed by atoms with Gasteiger partial charge in [0.2, 0.25) is 0 Å². The van der Waals surface area contributed by atoms with Crippen LogP contribution < -0.4 is 4.74 Å². The Bertz CT molecular complexity index is 692. The second-order valence-electron chi connectivity index (χ2n) is 5.76. The number of rotatable bonds is 4. The number of carbonyl (C=O) groups is 1. The third-order valence-corrected chi connectivity index (χ3v) is 4.70. The number of amides is 1. The SMILES string of the molecule is O=C(Oc1ccccc1Br)N1CCN(CC2CCOC2)C1=N[N+](=O)[O-]. The van der Waals surface area contributed by atoms with Crippen molar-refractivity contribution in [3.63, 3.8) is 0 Å². The zero-order chi connectivity index (χ0) is 17.8. The lowest BCUT2D eigenvalue weighted by Gasteiger charge is -2.21. The number of carbonyl (C=O) groups excluding carboxylic acids is 1. The Morgan fingerprint density at radius 1 is 1.44 bits per heavy atom. The van der Waals surface area contributed by atoms with Gasteiger partial charge in [-0.2, -0.15) is 0 Å². The molecule has 0 bridgehead atoms. The molecular weight excluding hydrogens is 396 g/mol. The van der Waals surface area contributed by atoms with Gasteiger partial charge in [-0.15, -0.1) is 0 Å². The lowest BCUT2D eigenvalue weighted by molar-refractivity contribution is -0.486. The average molecular weight is 413 g/mol. The third-order valence-electron chi connectivity index (χ3n) is 4.05. The van der Waals surface area contributed by atoms with Gasteiger partial charge in [0.1, 0.15) is 10.9 Å². The van der Waals surface area contributed by atoms with E-state index >= 15 is 0 Å². The van der Waals surface area contributed by atoms with Crippen LogP contribution >= 0.6 is 15.9 Å². The van der Waals surface area contributed by atoms with E-state index in [2.05, 4.69) is 21.0 Å². The Morgan fingerprint density at radius 2 is 2.24 bits per heavy atom. The molecule has 3 rings (SSSR count). The summed E-state index contributed by atoms with van der Waals surface area (Å²) in [4.78, 5) is 26.3. The van der Waals surface area contributed by atoms with Gasteiger partial charge in [0.15, 0.2) is 5.03 Å². The molecule has 1 amide bonds. The molecule has 2 fully saturated rings. The molecule has 0 aromatic heterocycles. The van der Waals surface area contributed by atoms with E-state index in [4.69, 9.17) is 9.47 Å². The van der Waals surface area contributed by atoms with Crippen molar-refractivity contribution in [2.24, 2.45) is 11.0 Å². The summed E-state index contributed by atoms with van der Waals surface area (Å²) in [6, 6.07) is 6.90. The minimum atomic E-state index is -0.794. The first-order chi connectivity index (χ1) is 12.0. The van der Waals surface area contributed by atoms with Crippen LogP contribution in [0.2, 0.25) is 0 Å². The summed E-state index contributed by atoms with van der Waals surface area (Å²) in [6.07, 6.45) is 0.196. The highest BCUT2D eigenvalue weighted by Crippen LogP contribution is 2.25. The molecule has 2 aliphatic rings. The van der Waals surface area contributed by atoms with E-state index in [0.29, 0.717) is 36.5 Å². The van der Waals surface area contributed by atoms with Crippen LogP contribution in [0.5, 0.6) is 5.75 Å². The van der Waals surface area contributed by atoms with E-state index < -0.39 is 11.1 Å². The molecule has 0 aliphatic carbocycles. The molecule has 1 unspecified atom stereocenters. The molecule has 0 N–H and O–H groups in total. The molecule has 2 saturated heterocycles. The fraction of sp³-hybridized carbons (Fsp3) is 0.467. The van der Waals surface area contributed by atoms with Crippen molar-refractivity contribution < 1.29 is 19.3 Å². The number of nitrogens with zero attached hydrogens (tertiary/aromatic N) is 4. The fourth-order valence-electron chi connectivity index (χ4n) is 2.84. The molecule has 9 nitrogen and oxygen atoms in total. The van der Waals surface area contributed by atoms with Gasteiger partial charge in [0.05, 0.1) is 17.6 Å². The summed E-state index contributed by atoms with van der Waals surface area (Å²) in [5.74, 6) is 0.626. The second kappa shape index (κ2) is 7.79. The van der Waals surface area contributed by atoms with Crippen LogP contribution in [0.15, 0.2) is 33.8 Å². The summed E-state index contributed by atoms with van der Waals surface area (Å²) >= 11 is 3.30. The van der Waals surface area contributed by atoms with Gasteiger partial charge in [0, 0.05) is 25.6 Å². The van der Waals surface area contributed by atoms with E-state index in [-0.39, 0.29) is 18.4 Å². The Hall–Kier alpha value is -2.20. The number of benzene rings is 1. The highest BCUT2D eigenvalue weighted by Gasteiger charge is 2.37. The summed E-state index contributed by atoms with van der Waals surface area (Å²) in [7, 11) is 0. The highest BCUT2D eigenvalue weighted by molar-refractivity contribution is 9.10. The fourth-order valence-corrected chi connectivity index (χ4v) is 3.21. The minimum Gasteiger partial charge on any atom is -0.409 e. The van der Waals surface area contributed by atoms with Gasteiger partial charge >= 0.3 is 6.09 Å². The van der Waals surface area contributed by atoms with Gasteiger partial charge in [-0.25, -0.2) is 19.8 Å². The second-order valence-corrected chi connectivity index (χ2v) is 6.62. The van der Waals surface area contributed by atoms with E-state index in [9.17, 15) is 14.9 Å². The van der Waals surface area contributed by atoms with E-state index in [1.54, 1.807) is 29.2 Å². The number of hydrogen-bond donors (Lipinski definition) is 0. The van der Waals surface area contributed by atoms with Crippen molar-refractivity contribution in [3.05, 3.63) is 38.9 Å². The van der Waals surface area contributed by atoms with Crippen molar-refractivity contribution in [2.75, 3.05) is 32.8 Å². The smallest absolute Gasteiger partial charge is 0.409 e. The van der Waals surface area contributed by atoms with Gasteiger partial charge in [-0.1, -0.05) is 12.1 Å². The Balaban J connectivity index is 1.74. The topological polar surface area (TPSA) is 97.5 Å². The standard InChI is InChI=1S/C15H17BrN4O5/c16-12-3-1-2-4-13(12)25-15(21)19-7-6-18(14(19)17-20(22)23)9-11-5-8-24-10-11/h1-4,11H,5-10H2. The molecule has 134 valence electrons. The molecule has 1 aromatic rings. The van der Waals surface area contributed by atoms with E-state index in [0.717, 1.165) is 6.42 Å². The van der Waals surface area contributed by atoms with Crippen molar-refractivity contribution in [3.8, 4) is 5.75 Å². The first-order valence-corrected chi connectivity index (χ1v) is 8.63. The normalized spacial score (nSPS) is 21.8. The van der Waals surface area contributed by atoms with E-state index in [1.807, 2.05) is 0 Å². The summed E-state index contributed by atoms with van der Waals surface area (Å²) < 4.78 is 11.3. The summed E-state index contributed by atoms with van der Waals surface area (Å²) in [6.45, 7) is 2.61. The van der Waals surface area contributed by atoms with Crippen LogP contribution in [0, 0.1) is 16.0 Å². The maximum Gasteiger partial charge on any atom is 0.422 e. The third kappa shape index (κ3) is 4.26. The zero-order valence-electron chi connectivity index (χ0n) is 13.3. The van der Waals surface area contributed by atoms with Crippen molar-refractivity contribution in [1.82, 2.24) is 9.80 Å². The number of para-hydroxylation sites is 1. The molecule has 25 heavy (non-hydrogen) atoms. The maximum absolute atomic E-state index is 12.5. The number of hydrazone groups is 1. The average Bonchev–Trinajstić information content (AvgIpc) is 3.20.